The summed E-state index contributed by atoms with van der Waals surface area (Å²) in [5.74, 6) is 0. The first kappa shape index (κ1) is 7.17. The molecule has 0 aliphatic carbocycles. The molecule has 0 unspecified atom stereocenters. The summed E-state index contributed by atoms with van der Waals surface area (Å²) >= 11 is 1.30. The zero-order valence-electron chi connectivity index (χ0n) is 5.93. The first-order valence-corrected chi connectivity index (χ1v) is 4.09. The van der Waals surface area contributed by atoms with Crippen LogP contribution in [0.1, 0.15) is 0 Å². The molecular weight excluding hydrogens is 176 g/mol. The van der Waals surface area contributed by atoms with Crippen molar-refractivity contribution in [3.8, 4) is 0 Å². The van der Waals surface area contributed by atoms with E-state index in [-0.39, 0.29) is 5.69 Å². The lowest BCUT2D eigenvalue weighted by molar-refractivity contribution is -0.384. The van der Waals surface area contributed by atoms with Crippen molar-refractivity contribution in [3.63, 3.8) is 0 Å². The Balaban J connectivity index is 2.68. The second-order valence-electron chi connectivity index (χ2n) is 2.31. The van der Waals surface area contributed by atoms with E-state index < -0.39 is 4.92 Å². The smallest absolute Gasteiger partial charge is 0.258 e. The zero-order chi connectivity index (χ0) is 8.55. The Hall–Kier alpha value is -1.49. The van der Waals surface area contributed by atoms with Gasteiger partial charge >= 0.3 is 0 Å². The summed E-state index contributed by atoms with van der Waals surface area (Å²) in [5.41, 5.74) is 0.924. The summed E-state index contributed by atoms with van der Waals surface area (Å²) in [6.07, 6.45) is 0. The SMILES string of the molecule is O=[N+]([O-])c1ccc2nscc2c1. The molecule has 12 heavy (non-hydrogen) atoms. The van der Waals surface area contributed by atoms with Gasteiger partial charge in [-0.2, -0.15) is 4.37 Å². The van der Waals surface area contributed by atoms with Crippen LogP contribution in [0.3, 0.4) is 0 Å². The molecule has 2 aromatic rings. The fourth-order valence-corrected chi connectivity index (χ4v) is 1.61. The highest BCUT2D eigenvalue weighted by Crippen LogP contribution is 2.20. The normalized spacial score (nSPS) is 10.3. The molecule has 0 atom stereocenters. The van der Waals surface area contributed by atoms with Gasteiger partial charge in [-0.1, -0.05) is 0 Å². The van der Waals surface area contributed by atoms with Crippen molar-refractivity contribution in [1.29, 1.82) is 0 Å². The third-order valence-electron chi connectivity index (χ3n) is 1.55. The Kier molecular flexibility index (Phi) is 1.51. The number of nitro groups is 1. The average Bonchev–Trinajstić information content (AvgIpc) is 2.49. The van der Waals surface area contributed by atoms with E-state index in [0.717, 1.165) is 10.9 Å². The fourth-order valence-electron chi connectivity index (χ4n) is 0.973. The number of fused-ring (bicyclic) bond motifs is 1. The lowest BCUT2D eigenvalue weighted by atomic mass is 10.2. The predicted octanol–water partition coefficient (Wildman–Crippen LogP) is 2.20. The Morgan fingerprint density at radius 1 is 1.50 bits per heavy atom. The van der Waals surface area contributed by atoms with Crippen molar-refractivity contribution < 1.29 is 4.92 Å². The highest BCUT2D eigenvalue weighted by Gasteiger charge is 2.06. The van der Waals surface area contributed by atoms with Crippen LogP contribution in [-0.2, 0) is 0 Å². The lowest BCUT2D eigenvalue weighted by Gasteiger charge is -1.89. The van der Waals surface area contributed by atoms with Gasteiger partial charge in [0.1, 0.15) is 0 Å². The second-order valence-corrected chi connectivity index (χ2v) is 2.94. The van der Waals surface area contributed by atoms with Crippen molar-refractivity contribution in [1.82, 2.24) is 4.37 Å². The molecule has 1 heterocycles. The third-order valence-corrected chi connectivity index (χ3v) is 2.21. The molecule has 1 aromatic heterocycles. The molecule has 5 heteroatoms. The lowest BCUT2D eigenvalue weighted by Crippen LogP contribution is -1.86. The van der Waals surface area contributed by atoms with Crippen LogP contribution in [-0.4, -0.2) is 9.30 Å². The van der Waals surface area contributed by atoms with Crippen LogP contribution >= 0.6 is 11.5 Å². The maximum absolute atomic E-state index is 10.4. The number of aromatic nitrogens is 1. The molecule has 0 N–H and O–H groups in total. The number of non-ortho nitro benzene ring substituents is 1. The largest absolute Gasteiger partial charge is 0.270 e. The molecule has 2 rings (SSSR count). The maximum atomic E-state index is 10.4. The van der Waals surface area contributed by atoms with Gasteiger partial charge in [-0.15, -0.1) is 0 Å². The van der Waals surface area contributed by atoms with Crippen LogP contribution in [0.15, 0.2) is 23.6 Å². The van der Waals surface area contributed by atoms with Gasteiger partial charge < -0.3 is 0 Å². The highest BCUT2D eigenvalue weighted by molar-refractivity contribution is 7.04. The van der Waals surface area contributed by atoms with Gasteiger partial charge in [0, 0.05) is 22.9 Å². The van der Waals surface area contributed by atoms with Crippen LogP contribution in [0, 0.1) is 10.1 Å². The van der Waals surface area contributed by atoms with E-state index >= 15 is 0 Å². The van der Waals surface area contributed by atoms with Gasteiger partial charge in [-0.25, -0.2) is 0 Å². The minimum Gasteiger partial charge on any atom is -0.258 e. The van der Waals surface area contributed by atoms with E-state index in [4.69, 9.17) is 0 Å². The zero-order valence-corrected chi connectivity index (χ0v) is 6.75. The number of nitrogens with zero attached hydrogens (tertiary/aromatic N) is 2. The molecular formula is C7H4N2O2S. The highest BCUT2D eigenvalue weighted by atomic mass is 32.1. The summed E-state index contributed by atoms with van der Waals surface area (Å²) in [5, 5.41) is 13.0. The van der Waals surface area contributed by atoms with Crippen molar-refractivity contribution in [2.45, 2.75) is 0 Å². The van der Waals surface area contributed by atoms with E-state index in [9.17, 15) is 10.1 Å². The van der Waals surface area contributed by atoms with Gasteiger partial charge in [0.25, 0.3) is 5.69 Å². The Labute approximate surface area is 71.8 Å². The van der Waals surface area contributed by atoms with Crippen molar-refractivity contribution in [3.05, 3.63) is 33.7 Å². The molecule has 0 aliphatic heterocycles. The van der Waals surface area contributed by atoms with Crippen molar-refractivity contribution in [2.75, 3.05) is 0 Å². The summed E-state index contributed by atoms with van der Waals surface area (Å²) in [4.78, 5) is 9.95. The van der Waals surface area contributed by atoms with Crippen LogP contribution in [0.4, 0.5) is 5.69 Å². The number of hydrogen-bond donors (Lipinski definition) is 0. The minimum absolute atomic E-state index is 0.114. The molecule has 0 saturated carbocycles. The van der Waals surface area contributed by atoms with E-state index in [1.54, 1.807) is 11.4 Å². The average molecular weight is 180 g/mol. The molecule has 0 fully saturated rings. The molecule has 0 bridgehead atoms. The number of hydrogen-bond acceptors (Lipinski definition) is 4. The molecule has 0 spiro atoms. The quantitative estimate of drug-likeness (QED) is 0.499. The molecule has 0 amide bonds. The van der Waals surface area contributed by atoms with E-state index in [0.29, 0.717) is 0 Å². The minimum atomic E-state index is -0.406. The molecule has 0 saturated heterocycles. The van der Waals surface area contributed by atoms with Gasteiger partial charge in [0.15, 0.2) is 0 Å². The molecule has 60 valence electrons. The van der Waals surface area contributed by atoms with Gasteiger partial charge in [-0.05, 0) is 17.6 Å². The second kappa shape index (κ2) is 2.53. The van der Waals surface area contributed by atoms with E-state index in [2.05, 4.69) is 4.37 Å². The molecule has 0 aliphatic rings. The molecule has 4 nitrogen and oxygen atoms in total. The number of nitro benzene ring substituents is 1. The van der Waals surface area contributed by atoms with Crippen LogP contribution < -0.4 is 0 Å². The number of rotatable bonds is 1. The molecule has 1 aromatic carbocycles. The first-order valence-electron chi connectivity index (χ1n) is 3.26. The standard InChI is InChI=1S/C7H4N2O2S/c10-9(11)6-1-2-7-5(3-6)4-12-8-7/h1-4H. The van der Waals surface area contributed by atoms with Crippen LogP contribution in [0.5, 0.6) is 0 Å². The van der Waals surface area contributed by atoms with Crippen LogP contribution in [0.2, 0.25) is 0 Å². The predicted molar refractivity (Wildman–Crippen MR) is 46.3 cm³/mol. The summed E-state index contributed by atoms with van der Waals surface area (Å²) in [6, 6.07) is 4.64. The number of benzene rings is 1. The third kappa shape index (κ3) is 1.04. The topological polar surface area (TPSA) is 56.0 Å². The Bertz CT molecular complexity index is 438. The monoisotopic (exact) mass is 180 g/mol. The Morgan fingerprint density at radius 2 is 2.33 bits per heavy atom. The van der Waals surface area contributed by atoms with Gasteiger partial charge in [0.2, 0.25) is 0 Å². The maximum Gasteiger partial charge on any atom is 0.270 e. The van der Waals surface area contributed by atoms with E-state index in [1.807, 2.05) is 0 Å². The summed E-state index contributed by atoms with van der Waals surface area (Å²) < 4.78 is 4.04. The van der Waals surface area contributed by atoms with Gasteiger partial charge in [-0.3, -0.25) is 10.1 Å². The summed E-state index contributed by atoms with van der Waals surface area (Å²) in [7, 11) is 0. The Morgan fingerprint density at radius 3 is 3.08 bits per heavy atom. The van der Waals surface area contributed by atoms with Gasteiger partial charge in [0.05, 0.1) is 10.4 Å². The van der Waals surface area contributed by atoms with Crippen molar-refractivity contribution in [2.24, 2.45) is 0 Å². The van der Waals surface area contributed by atoms with Crippen LogP contribution in [0.25, 0.3) is 10.9 Å². The van der Waals surface area contributed by atoms with E-state index in [1.165, 1.54) is 23.7 Å². The fraction of sp³-hybridized carbons (Fsp3) is 0. The molecule has 0 radical (unpaired) electrons. The summed E-state index contributed by atoms with van der Waals surface area (Å²) in [6.45, 7) is 0. The van der Waals surface area contributed by atoms with Crippen molar-refractivity contribution >= 4 is 28.1 Å². The first-order chi connectivity index (χ1) is 5.77.